The average Bonchev–Trinajstić information content (AvgIpc) is 2.46. The summed E-state index contributed by atoms with van der Waals surface area (Å²) in [6.45, 7) is 1.74. The van der Waals surface area contributed by atoms with E-state index in [1.54, 1.807) is 25.4 Å². The third-order valence-electron chi connectivity index (χ3n) is 3.30. The first-order valence-electron chi connectivity index (χ1n) is 6.30. The second kappa shape index (κ2) is 4.81. The van der Waals surface area contributed by atoms with Crippen LogP contribution < -0.4 is 11.1 Å². The predicted molar refractivity (Wildman–Crippen MR) is 80.6 cm³/mol. The Hall–Kier alpha value is -2.62. The molecule has 0 bridgehead atoms. The zero-order valence-corrected chi connectivity index (χ0v) is 11.0. The van der Waals surface area contributed by atoms with Gasteiger partial charge in [-0.25, -0.2) is 4.39 Å². The van der Waals surface area contributed by atoms with E-state index >= 15 is 0 Å². The molecular formula is C16H14FN3. The fraction of sp³-hybridized carbons (Fsp3) is 0.0625. The average molecular weight is 267 g/mol. The van der Waals surface area contributed by atoms with Gasteiger partial charge in [0.25, 0.3) is 0 Å². The number of nitrogen functional groups attached to an aromatic ring is 1. The number of anilines is 3. The van der Waals surface area contributed by atoms with Gasteiger partial charge in [-0.05, 0) is 42.8 Å². The third-order valence-corrected chi connectivity index (χ3v) is 3.30. The maximum absolute atomic E-state index is 13.6. The minimum Gasteiger partial charge on any atom is -0.398 e. The highest BCUT2D eigenvalue weighted by Gasteiger charge is 2.05. The quantitative estimate of drug-likeness (QED) is 0.690. The molecule has 0 aliphatic heterocycles. The number of nitrogens with one attached hydrogen (secondary N) is 1. The first-order valence-corrected chi connectivity index (χ1v) is 6.30. The number of nitrogens with two attached hydrogens (primary N) is 1. The maximum Gasteiger partial charge on any atom is 0.128 e. The number of pyridine rings is 1. The molecule has 1 heterocycles. The number of aryl methyl sites for hydroxylation is 1. The van der Waals surface area contributed by atoms with Crippen LogP contribution in [0.5, 0.6) is 0 Å². The molecular weight excluding hydrogens is 253 g/mol. The Kier molecular flexibility index (Phi) is 2.99. The highest BCUT2D eigenvalue weighted by Crippen LogP contribution is 2.30. The minimum atomic E-state index is -0.226. The van der Waals surface area contributed by atoms with Crippen molar-refractivity contribution in [2.45, 2.75) is 6.92 Å². The van der Waals surface area contributed by atoms with Gasteiger partial charge < -0.3 is 11.1 Å². The van der Waals surface area contributed by atoms with Gasteiger partial charge in [0.05, 0.1) is 0 Å². The van der Waals surface area contributed by atoms with Gasteiger partial charge >= 0.3 is 0 Å². The lowest BCUT2D eigenvalue weighted by atomic mass is 10.1. The summed E-state index contributed by atoms with van der Waals surface area (Å²) in [7, 11) is 0. The van der Waals surface area contributed by atoms with E-state index in [1.807, 2.05) is 24.3 Å². The summed E-state index contributed by atoms with van der Waals surface area (Å²) in [5.74, 6) is -0.226. The summed E-state index contributed by atoms with van der Waals surface area (Å²) < 4.78 is 13.6. The van der Waals surface area contributed by atoms with Crippen LogP contribution in [0.2, 0.25) is 0 Å². The monoisotopic (exact) mass is 267 g/mol. The maximum atomic E-state index is 13.6. The summed E-state index contributed by atoms with van der Waals surface area (Å²) in [4.78, 5) is 4.08. The van der Waals surface area contributed by atoms with E-state index in [1.165, 1.54) is 6.07 Å². The Morgan fingerprint density at radius 1 is 1.10 bits per heavy atom. The second-order valence-electron chi connectivity index (χ2n) is 4.71. The number of hydrogen-bond acceptors (Lipinski definition) is 3. The predicted octanol–water partition coefficient (Wildman–Crippen LogP) is 4.01. The first kappa shape index (κ1) is 12.4. The molecule has 100 valence electrons. The van der Waals surface area contributed by atoms with Gasteiger partial charge in [-0.15, -0.1) is 0 Å². The van der Waals surface area contributed by atoms with Crippen molar-refractivity contribution in [2.75, 3.05) is 11.1 Å². The van der Waals surface area contributed by atoms with Crippen LogP contribution in [-0.2, 0) is 0 Å². The molecule has 3 aromatic rings. The van der Waals surface area contributed by atoms with E-state index in [0.717, 1.165) is 16.5 Å². The van der Waals surface area contributed by atoms with Crippen LogP contribution in [0.15, 0.2) is 48.8 Å². The highest BCUT2D eigenvalue weighted by molar-refractivity contribution is 6.01. The molecule has 0 spiro atoms. The van der Waals surface area contributed by atoms with Gasteiger partial charge in [-0.3, -0.25) is 4.98 Å². The molecule has 2 aromatic carbocycles. The molecule has 0 fully saturated rings. The van der Waals surface area contributed by atoms with Crippen molar-refractivity contribution in [1.29, 1.82) is 0 Å². The topological polar surface area (TPSA) is 50.9 Å². The molecule has 20 heavy (non-hydrogen) atoms. The number of fused-ring (bicyclic) bond motifs is 1. The summed E-state index contributed by atoms with van der Waals surface area (Å²) >= 11 is 0. The van der Waals surface area contributed by atoms with Crippen molar-refractivity contribution in [3.8, 4) is 0 Å². The Balaban J connectivity index is 2.06. The lowest BCUT2D eigenvalue weighted by molar-refractivity contribution is 0.619. The summed E-state index contributed by atoms with van der Waals surface area (Å²) in [5.41, 5.74) is 8.82. The molecule has 0 saturated heterocycles. The standard InChI is InChI=1S/C16H14FN3/c1-10-2-3-11(8-14(10)17)20-16-5-4-15(18)13-9-19-7-6-12(13)16/h2-9,20H,18H2,1H3. The van der Waals surface area contributed by atoms with E-state index in [-0.39, 0.29) is 5.82 Å². The van der Waals surface area contributed by atoms with Crippen LogP contribution in [0.4, 0.5) is 21.5 Å². The van der Waals surface area contributed by atoms with E-state index in [0.29, 0.717) is 16.9 Å². The number of halogens is 1. The number of rotatable bonds is 2. The third kappa shape index (κ3) is 2.16. The molecule has 0 aliphatic carbocycles. The van der Waals surface area contributed by atoms with Crippen molar-refractivity contribution in [3.05, 3.63) is 60.2 Å². The minimum absolute atomic E-state index is 0.226. The molecule has 0 saturated carbocycles. The molecule has 0 amide bonds. The highest BCUT2D eigenvalue weighted by atomic mass is 19.1. The Bertz CT molecular complexity index is 784. The van der Waals surface area contributed by atoms with E-state index in [2.05, 4.69) is 10.3 Å². The van der Waals surface area contributed by atoms with Gasteiger partial charge in [0, 0.05) is 40.2 Å². The molecule has 0 atom stereocenters. The van der Waals surface area contributed by atoms with Gasteiger partial charge in [-0.2, -0.15) is 0 Å². The summed E-state index contributed by atoms with van der Waals surface area (Å²) in [6, 6.07) is 10.7. The van der Waals surface area contributed by atoms with Crippen LogP contribution in [0.1, 0.15) is 5.56 Å². The van der Waals surface area contributed by atoms with Gasteiger partial charge in [0.15, 0.2) is 0 Å². The van der Waals surface area contributed by atoms with Crippen molar-refractivity contribution >= 4 is 27.8 Å². The molecule has 3 rings (SSSR count). The Labute approximate surface area is 116 Å². The summed E-state index contributed by atoms with van der Waals surface area (Å²) in [6.07, 6.45) is 3.44. The van der Waals surface area contributed by atoms with Crippen LogP contribution in [0.25, 0.3) is 10.8 Å². The van der Waals surface area contributed by atoms with Gasteiger partial charge in [-0.1, -0.05) is 6.07 Å². The number of hydrogen-bond donors (Lipinski definition) is 2. The SMILES string of the molecule is Cc1ccc(Nc2ccc(N)c3cnccc23)cc1F. The van der Waals surface area contributed by atoms with Crippen molar-refractivity contribution in [2.24, 2.45) is 0 Å². The van der Waals surface area contributed by atoms with E-state index < -0.39 is 0 Å². The van der Waals surface area contributed by atoms with Gasteiger partial charge in [0.1, 0.15) is 5.82 Å². The molecule has 0 aliphatic rings. The van der Waals surface area contributed by atoms with E-state index in [4.69, 9.17) is 5.73 Å². The van der Waals surface area contributed by atoms with Crippen LogP contribution >= 0.6 is 0 Å². The molecule has 1 aromatic heterocycles. The number of benzene rings is 2. The fourth-order valence-electron chi connectivity index (χ4n) is 2.15. The fourth-order valence-corrected chi connectivity index (χ4v) is 2.15. The molecule has 0 radical (unpaired) electrons. The molecule has 3 nitrogen and oxygen atoms in total. The Morgan fingerprint density at radius 2 is 1.95 bits per heavy atom. The van der Waals surface area contributed by atoms with Crippen molar-refractivity contribution < 1.29 is 4.39 Å². The number of nitrogens with zero attached hydrogens (tertiary/aromatic N) is 1. The molecule has 3 N–H and O–H groups in total. The zero-order chi connectivity index (χ0) is 14.1. The second-order valence-corrected chi connectivity index (χ2v) is 4.71. The lowest BCUT2D eigenvalue weighted by Gasteiger charge is -2.11. The largest absolute Gasteiger partial charge is 0.398 e. The normalized spacial score (nSPS) is 10.7. The smallest absolute Gasteiger partial charge is 0.128 e. The van der Waals surface area contributed by atoms with Crippen LogP contribution in [-0.4, -0.2) is 4.98 Å². The number of aromatic nitrogens is 1. The van der Waals surface area contributed by atoms with Crippen LogP contribution in [0, 0.1) is 12.7 Å². The van der Waals surface area contributed by atoms with Crippen molar-refractivity contribution in [3.63, 3.8) is 0 Å². The van der Waals surface area contributed by atoms with Gasteiger partial charge in [0.2, 0.25) is 0 Å². The molecule has 0 unspecified atom stereocenters. The first-order chi connectivity index (χ1) is 9.65. The lowest BCUT2D eigenvalue weighted by Crippen LogP contribution is -1.95. The molecule has 4 heteroatoms. The Morgan fingerprint density at radius 3 is 2.75 bits per heavy atom. The van der Waals surface area contributed by atoms with E-state index in [9.17, 15) is 4.39 Å². The van der Waals surface area contributed by atoms with Crippen LogP contribution in [0.3, 0.4) is 0 Å². The summed E-state index contributed by atoms with van der Waals surface area (Å²) in [5, 5.41) is 5.06. The zero-order valence-electron chi connectivity index (χ0n) is 11.0. The van der Waals surface area contributed by atoms with Crippen molar-refractivity contribution in [1.82, 2.24) is 4.98 Å².